The van der Waals surface area contributed by atoms with E-state index in [0.717, 1.165) is 61.0 Å². The van der Waals surface area contributed by atoms with Gasteiger partial charge in [0.05, 0.1) is 46.4 Å². The molecule has 0 saturated carbocycles. The van der Waals surface area contributed by atoms with Crippen molar-refractivity contribution < 1.29 is 0 Å². The van der Waals surface area contributed by atoms with Crippen molar-refractivity contribution in [1.29, 1.82) is 0 Å². The summed E-state index contributed by atoms with van der Waals surface area (Å²) in [5.41, 5.74) is 12.7. The Kier molecular flexibility index (Phi) is 6.61. The van der Waals surface area contributed by atoms with Crippen LogP contribution >= 0.6 is 0 Å². The molecule has 3 heterocycles. The van der Waals surface area contributed by atoms with Crippen molar-refractivity contribution in [2.75, 3.05) is 0 Å². The lowest BCUT2D eigenvalue weighted by molar-refractivity contribution is 1.15. The molecule has 0 radical (unpaired) electrons. The van der Waals surface area contributed by atoms with Crippen molar-refractivity contribution in [2.24, 2.45) is 0 Å². The summed E-state index contributed by atoms with van der Waals surface area (Å²) >= 11 is 0. The van der Waals surface area contributed by atoms with Gasteiger partial charge in [0.25, 0.3) is 0 Å². The van der Waals surface area contributed by atoms with E-state index in [1.807, 2.05) is 36.4 Å². The predicted molar refractivity (Wildman–Crippen MR) is 227 cm³/mol. The minimum atomic E-state index is 0.552. The molecule has 8 aromatic carbocycles. The summed E-state index contributed by atoms with van der Waals surface area (Å²) in [5, 5.41) is 6.74. The van der Waals surface area contributed by atoms with Gasteiger partial charge in [-0.2, -0.15) is 0 Å². The zero-order valence-corrected chi connectivity index (χ0v) is 29.5. The van der Waals surface area contributed by atoms with Crippen LogP contribution in [0.2, 0.25) is 0 Å². The van der Waals surface area contributed by atoms with Crippen molar-refractivity contribution in [2.45, 2.75) is 0 Å². The van der Waals surface area contributed by atoms with Crippen LogP contribution in [0.4, 0.5) is 11.4 Å². The van der Waals surface area contributed by atoms with Crippen molar-refractivity contribution in [3.8, 4) is 28.2 Å². The molecule has 55 heavy (non-hydrogen) atoms. The van der Waals surface area contributed by atoms with Crippen molar-refractivity contribution in [3.63, 3.8) is 0 Å². The summed E-state index contributed by atoms with van der Waals surface area (Å²) in [4.78, 5) is 7.80. The molecule has 0 amide bonds. The van der Waals surface area contributed by atoms with Crippen LogP contribution in [-0.4, -0.2) is 13.7 Å². The lowest BCUT2D eigenvalue weighted by atomic mass is 10.00. The van der Waals surface area contributed by atoms with Crippen LogP contribution in [0.5, 0.6) is 0 Å². The molecule has 3 aromatic heterocycles. The molecule has 0 N–H and O–H groups in total. The molecule has 0 aliphatic heterocycles. The van der Waals surface area contributed by atoms with Crippen LogP contribution in [0.15, 0.2) is 176 Å². The third kappa shape index (κ3) is 4.39. The monoisotopic (exact) mass is 699 g/mol. The Bertz CT molecular complexity index is 3420. The molecule has 0 saturated heterocycles. The number of fused-ring (bicyclic) bond motifs is 9. The first-order valence-electron chi connectivity index (χ1n) is 18.3. The Hall–Kier alpha value is -7.86. The van der Waals surface area contributed by atoms with Crippen LogP contribution in [0.3, 0.4) is 0 Å². The number of nitrogens with zero attached hydrogens (tertiary/aromatic N) is 5. The molecule has 254 valence electrons. The van der Waals surface area contributed by atoms with Gasteiger partial charge in [-0.3, -0.25) is 0 Å². The van der Waals surface area contributed by atoms with Gasteiger partial charge in [0, 0.05) is 54.9 Å². The van der Waals surface area contributed by atoms with Crippen LogP contribution < -0.4 is 0 Å². The highest BCUT2D eigenvalue weighted by Crippen LogP contribution is 2.44. The fraction of sp³-hybridized carbons (Fsp3) is 0. The fourth-order valence-corrected chi connectivity index (χ4v) is 8.81. The van der Waals surface area contributed by atoms with Crippen LogP contribution in [0.25, 0.3) is 103 Å². The van der Waals surface area contributed by atoms with Gasteiger partial charge in [0.2, 0.25) is 0 Å². The molecule has 0 aliphatic carbocycles. The second kappa shape index (κ2) is 11.8. The summed E-state index contributed by atoms with van der Waals surface area (Å²) in [6.07, 6.45) is 0. The molecule has 11 rings (SSSR count). The molecular weight excluding hydrogens is 671 g/mol. The number of aromatic nitrogens is 3. The molecule has 0 atom stereocenters. The number of benzene rings is 8. The van der Waals surface area contributed by atoms with Gasteiger partial charge >= 0.3 is 0 Å². The van der Waals surface area contributed by atoms with Crippen LogP contribution in [-0.2, 0) is 0 Å². The Labute approximate surface area is 316 Å². The minimum absolute atomic E-state index is 0.552. The van der Waals surface area contributed by atoms with Gasteiger partial charge in [0.1, 0.15) is 0 Å². The SMILES string of the molecule is [C-]#[N+]c1ccc(-c2ccccc2-n2c3ccccc3c3ccc(-n4c5ccccc5c5ccccc54)cc32)c(-n2c3ccccc3c3c([N+]#[C-])cccc32)c1. The highest BCUT2D eigenvalue weighted by atomic mass is 15.0. The van der Waals surface area contributed by atoms with E-state index >= 15 is 0 Å². The van der Waals surface area contributed by atoms with Gasteiger partial charge < -0.3 is 13.7 Å². The standard InChI is InChI=1S/C50H29N5/c1-51-32-26-28-38(48(30-32)55-46-24-12-7-18-40(46)50-41(52-2)19-13-25-47(50)55)36-16-5-10-22-44(36)54-45-23-11-6-17-37(45)39-29-27-33(31-49(39)54)53-42-20-8-3-14-34(42)35-15-4-9-21-43(35)53/h3-31H. The van der Waals surface area contributed by atoms with Gasteiger partial charge in [-0.15, -0.1) is 0 Å². The predicted octanol–water partition coefficient (Wildman–Crippen LogP) is 13.7. The molecule has 0 bridgehead atoms. The Morgan fingerprint density at radius 3 is 1.55 bits per heavy atom. The average molecular weight is 700 g/mol. The van der Waals surface area contributed by atoms with E-state index in [1.54, 1.807) is 0 Å². The summed E-state index contributed by atoms with van der Waals surface area (Å²) in [7, 11) is 0. The second-order valence-corrected chi connectivity index (χ2v) is 13.9. The van der Waals surface area contributed by atoms with E-state index in [2.05, 4.69) is 163 Å². The molecule has 11 aromatic rings. The van der Waals surface area contributed by atoms with Crippen LogP contribution in [0, 0.1) is 13.1 Å². The molecular formula is C50H29N5. The summed E-state index contributed by atoms with van der Waals surface area (Å²) in [5.74, 6) is 0. The third-order valence-corrected chi connectivity index (χ3v) is 11.1. The number of hydrogen-bond donors (Lipinski definition) is 0. The lowest BCUT2D eigenvalue weighted by Crippen LogP contribution is -2.02. The molecule has 5 heteroatoms. The maximum absolute atomic E-state index is 8.02. The van der Waals surface area contributed by atoms with E-state index in [4.69, 9.17) is 13.1 Å². The van der Waals surface area contributed by atoms with E-state index in [1.165, 1.54) is 32.6 Å². The fourth-order valence-electron chi connectivity index (χ4n) is 8.81. The number of hydrogen-bond acceptors (Lipinski definition) is 0. The highest BCUT2D eigenvalue weighted by Gasteiger charge is 2.22. The smallest absolute Gasteiger partial charge is 0.197 e. The molecule has 0 fully saturated rings. The summed E-state index contributed by atoms with van der Waals surface area (Å²) < 4.78 is 7.00. The third-order valence-electron chi connectivity index (χ3n) is 11.1. The highest BCUT2D eigenvalue weighted by molar-refractivity contribution is 6.16. The molecule has 0 aliphatic rings. The van der Waals surface area contributed by atoms with Crippen LogP contribution in [0.1, 0.15) is 0 Å². The second-order valence-electron chi connectivity index (χ2n) is 13.9. The quantitative estimate of drug-likeness (QED) is 0.163. The van der Waals surface area contributed by atoms with E-state index in [0.29, 0.717) is 11.4 Å². The van der Waals surface area contributed by atoms with Gasteiger partial charge in [-0.05, 0) is 60.0 Å². The molecule has 0 spiro atoms. The topological polar surface area (TPSA) is 23.5 Å². The largest absolute Gasteiger partial charge is 0.311 e. The zero-order valence-electron chi connectivity index (χ0n) is 29.5. The zero-order chi connectivity index (χ0) is 36.6. The average Bonchev–Trinajstić information content (AvgIpc) is 3.89. The normalized spacial score (nSPS) is 11.6. The lowest BCUT2D eigenvalue weighted by Gasteiger charge is -2.19. The first-order valence-corrected chi connectivity index (χ1v) is 18.3. The Balaban J connectivity index is 1.22. The van der Waals surface area contributed by atoms with E-state index in [-0.39, 0.29) is 0 Å². The van der Waals surface area contributed by atoms with Crippen molar-refractivity contribution in [1.82, 2.24) is 13.7 Å². The molecule has 5 nitrogen and oxygen atoms in total. The Morgan fingerprint density at radius 1 is 0.345 bits per heavy atom. The number of rotatable bonds is 4. The maximum Gasteiger partial charge on any atom is 0.197 e. The summed E-state index contributed by atoms with van der Waals surface area (Å²) in [6, 6.07) is 61.4. The summed E-state index contributed by atoms with van der Waals surface area (Å²) in [6.45, 7) is 16.0. The van der Waals surface area contributed by atoms with Gasteiger partial charge in [0.15, 0.2) is 11.4 Å². The maximum atomic E-state index is 8.02. The van der Waals surface area contributed by atoms with Gasteiger partial charge in [-0.25, -0.2) is 9.69 Å². The van der Waals surface area contributed by atoms with E-state index < -0.39 is 0 Å². The minimum Gasteiger partial charge on any atom is -0.311 e. The van der Waals surface area contributed by atoms with Crippen molar-refractivity contribution in [3.05, 3.63) is 199 Å². The van der Waals surface area contributed by atoms with Gasteiger partial charge in [-0.1, -0.05) is 121 Å². The van der Waals surface area contributed by atoms with E-state index in [9.17, 15) is 0 Å². The first-order chi connectivity index (χ1) is 27.2. The Morgan fingerprint density at radius 2 is 0.873 bits per heavy atom. The number of para-hydroxylation sites is 5. The molecule has 0 unspecified atom stereocenters. The first kappa shape index (κ1) is 30.7. The van der Waals surface area contributed by atoms with Crippen molar-refractivity contribution >= 4 is 76.8 Å².